The van der Waals surface area contributed by atoms with Crippen molar-refractivity contribution in [3.05, 3.63) is 63.6 Å². The summed E-state index contributed by atoms with van der Waals surface area (Å²) in [5, 5.41) is 11.8. The van der Waals surface area contributed by atoms with E-state index in [-0.39, 0.29) is 16.8 Å². The molecule has 5 heteroatoms. The smallest absolute Gasteiger partial charge is 0.147 e. The van der Waals surface area contributed by atoms with Crippen LogP contribution in [0.25, 0.3) is 0 Å². The molecule has 0 aliphatic carbocycles. The van der Waals surface area contributed by atoms with Crippen molar-refractivity contribution in [1.29, 1.82) is 0 Å². The zero-order chi connectivity index (χ0) is 13.8. The van der Waals surface area contributed by atoms with E-state index in [0.29, 0.717) is 6.54 Å². The Kier molecular flexibility index (Phi) is 4.50. The quantitative estimate of drug-likeness (QED) is 0.836. The van der Waals surface area contributed by atoms with Crippen molar-refractivity contribution in [3.8, 4) is 0 Å². The minimum Gasteiger partial charge on any atom is -0.392 e. The molecule has 0 bridgehead atoms. The van der Waals surface area contributed by atoms with Crippen molar-refractivity contribution in [1.82, 2.24) is 0 Å². The van der Waals surface area contributed by atoms with Crippen molar-refractivity contribution < 1.29 is 13.9 Å². The molecule has 0 atom stereocenters. The minimum absolute atomic E-state index is 0.0136. The molecular formula is C14H12BrF2NO. The molecule has 2 nitrogen and oxygen atoms in total. The number of anilines is 1. The molecule has 2 rings (SSSR count). The number of nitrogens with one attached hydrogen (secondary N) is 1. The number of aliphatic hydroxyl groups is 1. The number of hydrogen-bond acceptors (Lipinski definition) is 2. The first-order valence-electron chi connectivity index (χ1n) is 5.67. The lowest BCUT2D eigenvalue weighted by molar-refractivity contribution is 0.282. The van der Waals surface area contributed by atoms with Gasteiger partial charge in [0.25, 0.3) is 0 Å². The predicted molar refractivity (Wildman–Crippen MR) is 73.7 cm³/mol. The van der Waals surface area contributed by atoms with Crippen LogP contribution < -0.4 is 5.32 Å². The maximum atomic E-state index is 13.6. The van der Waals surface area contributed by atoms with Gasteiger partial charge in [0.15, 0.2) is 0 Å². The maximum absolute atomic E-state index is 13.6. The summed E-state index contributed by atoms with van der Waals surface area (Å²) < 4.78 is 27.0. The van der Waals surface area contributed by atoms with Crippen molar-refractivity contribution >= 4 is 21.6 Å². The van der Waals surface area contributed by atoms with Crippen LogP contribution in [-0.4, -0.2) is 5.11 Å². The fourth-order valence-electron chi connectivity index (χ4n) is 1.62. The molecule has 0 spiro atoms. The van der Waals surface area contributed by atoms with E-state index in [1.54, 1.807) is 12.1 Å². The van der Waals surface area contributed by atoms with Gasteiger partial charge in [0.1, 0.15) is 11.6 Å². The molecule has 19 heavy (non-hydrogen) atoms. The van der Waals surface area contributed by atoms with Crippen molar-refractivity contribution in [2.75, 3.05) is 5.32 Å². The summed E-state index contributed by atoms with van der Waals surface area (Å²) in [6.07, 6.45) is 0. The Morgan fingerprint density at radius 2 is 1.63 bits per heavy atom. The zero-order valence-corrected chi connectivity index (χ0v) is 11.5. The predicted octanol–water partition coefficient (Wildman–Crippen LogP) is 3.83. The van der Waals surface area contributed by atoms with Gasteiger partial charge in [-0.25, -0.2) is 8.78 Å². The first-order chi connectivity index (χ1) is 9.10. The van der Waals surface area contributed by atoms with E-state index in [2.05, 4.69) is 21.2 Å². The Balaban J connectivity index is 2.07. The molecule has 0 heterocycles. The monoisotopic (exact) mass is 327 g/mol. The third kappa shape index (κ3) is 3.52. The van der Waals surface area contributed by atoms with E-state index in [0.717, 1.165) is 23.3 Å². The summed E-state index contributed by atoms with van der Waals surface area (Å²) >= 11 is 2.93. The molecule has 0 unspecified atom stereocenters. The Labute approximate surface area is 118 Å². The molecule has 0 fully saturated rings. The SMILES string of the molecule is OCc1ccc(CNc2cc(F)c(Br)cc2F)cc1. The van der Waals surface area contributed by atoms with Gasteiger partial charge in [0, 0.05) is 12.6 Å². The summed E-state index contributed by atoms with van der Waals surface area (Å²) in [5.41, 5.74) is 1.84. The van der Waals surface area contributed by atoms with Gasteiger partial charge in [-0.05, 0) is 33.1 Å². The van der Waals surface area contributed by atoms with Gasteiger partial charge < -0.3 is 10.4 Å². The van der Waals surface area contributed by atoms with Gasteiger partial charge in [-0.2, -0.15) is 0 Å². The fourth-order valence-corrected chi connectivity index (χ4v) is 1.93. The van der Waals surface area contributed by atoms with Crippen molar-refractivity contribution in [2.45, 2.75) is 13.2 Å². The summed E-state index contributed by atoms with van der Waals surface area (Å²) in [4.78, 5) is 0. The lowest BCUT2D eigenvalue weighted by Crippen LogP contribution is -2.02. The van der Waals surface area contributed by atoms with E-state index in [1.807, 2.05) is 12.1 Å². The van der Waals surface area contributed by atoms with Crippen LogP contribution in [0, 0.1) is 11.6 Å². The molecule has 2 aromatic carbocycles. The number of hydrogen-bond donors (Lipinski definition) is 2. The van der Waals surface area contributed by atoms with Crippen molar-refractivity contribution in [3.63, 3.8) is 0 Å². The van der Waals surface area contributed by atoms with Crippen LogP contribution in [0.3, 0.4) is 0 Å². The van der Waals surface area contributed by atoms with Crippen LogP contribution in [0.15, 0.2) is 40.9 Å². The van der Waals surface area contributed by atoms with Gasteiger partial charge in [0.2, 0.25) is 0 Å². The van der Waals surface area contributed by atoms with Crippen LogP contribution in [0.4, 0.5) is 14.5 Å². The fraction of sp³-hybridized carbons (Fsp3) is 0.143. The summed E-state index contributed by atoms with van der Waals surface area (Å²) in [6.45, 7) is 0.365. The second kappa shape index (κ2) is 6.12. The van der Waals surface area contributed by atoms with E-state index in [9.17, 15) is 8.78 Å². The molecule has 0 radical (unpaired) electrons. The van der Waals surface area contributed by atoms with Gasteiger partial charge in [-0.3, -0.25) is 0 Å². The number of halogens is 3. The highest BCUT2D eigenvalue weighted by molar-refractivity contribution is 9.10. The van der Waals surface area contributed by atoms with Crippen LogP contribution in [0.5, 0.6) is 0 Å². The van der Waals surface area contributed by atoms with Gasteiger partial charge >= 0.3 is 0 Å². The van der Waals surface area contributed by atoms with Crippen LogP contribution >= 0.6 is 15.9 Å². The number of aliphatic hydroxyl groups excluding tert-OH is 1. The highest BCUT2D eigenvalue weighted by Crippen LogP contribution is 2.23. The molecule has 2 N–H and O–H groups in total. The number of benzene rings is 2. The molecule has 0 aliphatic heterocycles. The van der Waals surface area contributed by atoms with E-state index in [1.165, 1.54) is 0 Å². The molecule has 0 aliphatic rings. The standard InChI is InChI=1S/C14H12BrF2NO/c15-11-5-13(17)14(6-12(11)16)18-7-9-1-3-10(8-19)4-2-9/h1-6,18-19H,7-8H2. The summed E-state index contributed by atoms with van der Waals surface area (Å²) in [5.74, 6) is -1.03. The van der Waals surface area contributed by atoms with Crippen LogP contribution in [0.1, 0.15) is 11.1 Å². The Morgan fingerprint density at radius 1 is 1.00 bits per heavy atom. The Morgan fingerprint density at radius 3 is 2.26 bits per heavy atom. The molecule has 0 aromatic heterocycles. The highest BCUT2D eigenvalue weighted by Gasteiger charge is 2.07. The van der Waals surface area contributed by atoms with E-state index < -0.39 is 11.6 Å². The average molecular weight is 328 g/mol. The average Bonchev–Trinajstić information content (AvgIpc) is 2.42. The Hall–Kier alpha value is -1.46. The normalized spacial score (nSPS) is 10.5. The lowest BCUT2D eigenvalue weighted by atomic mass is 10.1. The van der Waals surface area contributed by atoms with E-state index >= 15 is 0 Å². The largest absolute Gasteiger partial charge is 0.392 e. The Bertz CT molecular complexity index is 572. The molecular weight excluding hydrogens is 316 g/mol. The molecule has 0 saturated heterocycles. The van der Waals surface area contributed by atoms with Gasteiger partial charge in [0.05, 0.1) is 16.8 Å². The second-order valence-corrected chi connectivity index (χ2v) is 4.93. The van der Waals surface area contributed by atoms with Gasteiger partial charge in [-0.15, -0.1) is 0 Å². The first-order valence-corrected chi connectivity index (χ1v) is 6.46. The minimum atomic E-state index is -0.514. The second-order valence-electron chi connectivity index (χ2n) is 4.07. The summed E-state index contributed by atoms with van der Waals surface area (Å²) in [7, 11) is 0. The first kappa shape index (κ1) is 14.0. The third-order valence-electron chi connectivity index (χ3n) is 2.70. The molecule has 0 amide bonds. The third-order valence-corrected chi connectivity index (χ3v) is 3.31. The topological polar surface area (TPSA) is 32.3 Å². The molecule has 0 saturated carbocycles. The molecule has 2 aromatic rings. The zero-order valence-electron chi connectivity index (χ0n) is 9.96. The molecule has 100 valence electrons. The number of rotatable bonds is 4. The van der Waals surface area contributed by atoms with Gasteiger partial charge in [-0.1, -0.05) is 24.3 Å². The lowest BCUT2D eigenvalue weighted by Gasteiger charge is -2.09. The maximum Gasteiger partial charge on any atom is 0.147 e. The van der Waals surface area contributed by atoms with Crippen molar-refractivity contribution in [2.24, 2.45) is 0 Å². The van der Waals surface area contributed by atoms with Crippen LogP contribution in [0.2, 0.25) is 0 Å². The van der Waals surface area contributed by atoms with E-state index in [4.69, 9.17) is 5.11 Å². The summed E-state index contributed by atoms with van der Waals surface area (Å²) in [6, 6.07) is 9.43. The highest BCUT2D eigenvalue weighted by atomic mass is 79.9. The van der Waals surface area contributed by atoms with Crippen LogP contribution in [-0.2, 0) is 13.2 Å².